The molecule has 140 valence electrons. The molecule has 0 bridgehead atoms. The number of carbonyl (C=O) groups excluding carboxylic acids is 1. The molecule has 0 spiro atoms. The summed E-state index contributed by atoms with van der Waals surface area (Å²) in [5.74, 6) is 1.57. The van der Waals surface area contributed by atoms with Crippen LogP contribution in [-0.2, 0) is 11.8 Å². The fraction of sp³-hybridized carbons (Fsp3) is 0.444. The van der Waals surface area contributed by atoms with Gasteiger partial charge >= 0.3 is 0 Å². The van der Waals surface area contributed by atoms with Crippen LogP contribution in [0.2, 0.25) is 0 Å². The van der Waals surface area contributed by atoms with Gasteiger partial charge in [-0.2, -0.15) is 5.10 Å². The topological polar surface area (TPSA) is 77.4 Å². The van der Waals surface area contributed by atoms with Crippen molar-refractivity contribution in [2.75, 3.05) is 26.2 Å². The molecule has 2 N–H and O–H groups in total. The Morgan fingerprint density at radius 3 is 2.92 bits per heavy atom. The molecule has 0 aliphatic carbocycles. The van der Waals surface area contributed by atoms with Crippen LogP contribution >= 0.6 is 12.4 Å². The molecule has 2 aromatic rings. The van der Waals surface area contributed by atoms with Crippen molar-refractivity contribution in [2.45, 2.75) is 12.0 Å². The zero-order chi connectivity index (χ0) is 17.2. The molecule has 0 saturated carbocycles. The molecular formula is C18H23ClN4O3. The third kappa shape index (κ3) is 3.78. The second kappa shape index (κ2) is 7.97. The van der Waals surface area contributed by atoms with Crippen molar-refractivity contribution < 1.29 is 14.3 Å². The van der Waals surface area contributed by atoms with Crippen molar-refractivity contribution >= 4 is 18.3 Å². The summed E-state index contributed by atoms with van der Waals surface area (Å²) >= 11 is 0. The summed E-state index contributed by atoms with van der Waals surface area (Å²) in [6.07, 6.45) is 3.64. The van der Waals surface area contributed by atoms with Gasteiger partial charge in [0, 0.05) is 32.3 Å². The molecule has 2 aliphatic heterocycles. The zero-order valence-electron chi connectivity index (χ0n) is 14.6. The number of fused-ring (bicyclic) bond motifs is 1. The van der Waals surface area contributed by atoms with Gasteiger partial charge in [0.1, 0.15) is 12.7 Å². The van der Waals surface area contributed by atoms with Gasteiger partial charge in [-0.1, -0.05) is 12.1 Å². The van der Waals surface area contributed by atoms with Gasteiger partial charge in [-0.3, -0.25) is 9.48 Å². The van der Waals surface area contributed by atoms with Crippen LogP contribution < -0.4 is 20.1 Å². The maximum absolute atomic E-state index is 12.6. The molecule has 1 aromatic carbocycles. The standard InChI is InChI=1S/C18H22N4O3.ClH/c1-22-10-12(6-21-22)14-8-19-9-15(14)18(23)20-7-13-11-24-16-4-2-3-5-17(16)25-13;/h2-6,10,13-15,19H,7-9,11H2,1H3,(H,20,23);1H/t13?,14-,15+;/m1./s1. The molecule has 3 heterocycles. The summed E-state index contributed by atoms with van der Waals surface area (Å²) in [6, 6.07) is 7.58. The van der Waals surface area contributed by atoms with E-state index in [1.807, 2.05) is 43.7 Å². The molecule has 1 fully saturated rings. The minimum atomic E-state index is -0.176. The minimum Gasteiger partial charge on any atom is -0.486 e. The van der Waals surface area contributed by atoms with Crippen molar-refractivity contribution in [3.8, 4) is 11.5 Å². The van der Waals surface area contributed by atoms with E-state index in [4.69, 9.17) is 9.47 Å². The average molecular weight is 379 g/mol. The molecule has 0 radical (unpaired) electrons. The Morgan fingerprint density at radius 2 is 2.15 bits per heavy atom. The Hall–Kier alpha value is -2.25. The second-order valence-corrected chi connectivity index (χ2v) is 6.56. The summed E-state index contributed by atoms with van der Waals surface area (Å²) in [5.41, 5.74) is 1.10. The fourth-order valence-corrected chi connectivity index (χ4v) is 3.45. The number of ether oxygens (including phenoxy) is 2. The number of halogens is 1. The molecule has 8 heteroatoms. The number of aryl methyl sites for hydroxylation is 1. The normalized spacial score (nSPS) is 24.0. The highest BCUT2D eigenvalue weighted by molar-refractivity contribution is 5.85. The summed E-state index contributed by atoms with van der Waals surface area (Å²) < 4.78 is 13.3. The van der Waals surface area contributed by atoms with E-state index in [2.05, 4.69) is 15.7 Å². The average Bonchev–Trinajstić information content (AvgIpc) is 3.28. The number of amides is 1. The lowest BCUT2D eigenvalue weighted by atomic mass is 9.90. The van der Waals surface area contributed by atoms with Crippen LogP contribution in [0.5, 0.6) is 11.5 Å². The van der Waals surface area contributed by atoms with E-state index >= 15 is 0 Å². The van der Waals surface area contributed by atoms with Crippen molar-refractivity contribution in [3.05, 3.63) is 42.2 Å². The van der Waals surface area contributed by atoms with Crippen LogP contribution in [0.1, 0.15) is 11.5 Å². The third-order valence-electron chi connectivity index (χ3n) is 4.78. The first-order valence-electron chi connectivity index (χ1n) is 8.56. The number of para-hydroxylation sites is 2. The Morgan fingerprint density at radius 1 is 1.35 bits per heavy atom. The van der Waals surface area contributed by atoms with E-state index in [0.717, 1.165) is 23.6 Å². The predicted octanol–water partition coefficient (Wildman–Crippen LogP) is 1.10. The number of rotatable bonds is 4. The van der Waals surface area contributed by atoms with Crippen LogP contribution in [0.4, 0.5) is 0 Å². The largest absolute Gasteiger partial charge is 0.486 e. The molecule has 7 nitrogen and oxygen atoms in total. The number of nitrogens with one attached hydrogen (secondary N) is 2. The first kappa shape index (κ1) is 18.5. The Kier molecular flexibility index (Phi) is 5.68. The summed E-state index contributed by atoms with van der Waals surface area (Å²) in [4.78, 5) is 12.6. The van der Waals surface area contributed by atoms with Crippen molar-refractivity contribution in [1.29, 1.82) is 0 Å². The number of nitrogens with zero attached hydrogens (tertiary/aromatic N) is 2. The monoisotopic (exact) mass is 378 g/mol. The molecule has 4 rings (SSSR count). The molecule has 26 heavy (non-hydrogen) atoms. The molecular weight excluding hydrogens is 356 g/mol. The van der Waals surface area contributed by atoms with Crippen LogP contribution in [-0.4, -0.2) is 48.0 Å². The number of hydrogen-bond donors (Lipinski definition) is 2. The Balaban J connectivity index is 0.00000196. The SMILES string of the molecule is Cl.Cn1cc([C@H]2CNC[C@@H]2C(=O)NCC2COc3ccccc3O2)cn1. The van der Waals surface area contributed by atoms with Crippen molar-refractivity contribution in [3.63, 3.8) is 0 Å². The number of carbonyl (C=O) groups is 1. The lowest BCUT2D eigenvalue weighted by Gasteiger charge is -2.27. The van der Waals surface area contributed by atoms with Gasteiger partial charge in [-0.15, -0.1) is 12.4 Å². The van der Waals surface area contributed by atoms with Crippen LogP contribution in [0.15, 0.2) is 36.7 Å². The van der Waals surface area contributed by atoms with Gasteiger partial charge in [0.05, 0.1) is 18.7 Å². The van der Waals surface area contributed by atoms with E-state index in [1.54, 1.807) is 4.68 Å². The fourth-order valence-electron chi connectivity index (χ4n) is 3.45. The predicted molar refractivity (Wildman–Crippen MR) is 98.9 cm³/mol. The van der Waals surface area contributed by atoms with E-state index in [-0.39, 0.29) is 36.3 Å². The van der Waals surface area contributed by atoms with E-state index in [1.165, 1.54) is 0 Å². The van der Waals surface area contributed by atoms with Crippen LogP contribution in [0.3, 0.4) is 0 Å². The quantitative estimate of drug-likeness (QED) is 0.833. The lowest BCUT2D eigenvalue weighted by molar-refractivity contribution is -0.125. The van der Waals surface area contributed by atoms with E-state index < -0.39 is 0 Å². The summed E-state index contributed by atoms with van der Waals surface area (Å²) in [6.45, 7) is 2.34. The number of benzene rings is 1. The van der Waals surface area contributed by atoms with Gasteiger partial charge in [0.15, 0.2) is 11.5 Å². The molecule has 1 saturated heterocycles. The van der Waals surface area contributed by atoms with Gasteiger partial charge in [-0.25, -0.2) is 0 Å². The van der Waals surface area contributed by atoms with Crippen LogP contribution in [0, 0.1) is 5.92 Å². The molecule has 2 aliphatic rings. The molecule has 1 aromatic heterocycles. The molecule has 3 atom stereocenters. The summed E-state index contributed by atoms with van der Waals surface area (Å²) in [5, 5.41) is 10.5. The van der Waals surface area contributed by atoms with Gasteiger partial charge in [0.25, 0.3) is 0 Å². The minimum absolute atomic E-state index is 0. The lowest BCUT2D eigenvalue weighted by Crippen LogP contribution is -2.43. The van der Waals surface area contributed by atoms with Crippen molar-refractivity contribution in [1.82, 2.24) is 20.4 Å². The number of aromatic nitrogens is 2. The van der Waals surface area contributed by atoms with E-state index in [9.17, 15) is 4.79 Å². The Labute approximate surface area is 158 Å². The van der Waals surface area contributed by atoms with Gasteiger partial charge < -0.3 is 20.1 Å². The maximum atomic E-state index is 12.6. The first-order chi connectivity index (χ1) is 12.2. The van der Waals surface area contributed by atoms with Crippen LogP contribution in [0.25, 0.3) is 0 Å². The van der Waals surface area contributed by atoms with Crippen molar-refractivity contribution in [2.24, 2.45) is 13.0 Å². The zero-order valence-corrected chi connectivity index (χ0v) is 15.4. The van der Waals surface area contributed by atoms with Gasteiger partial charge in [-0.05, 0) is 17.7 Å². The Bertz CT molecular complexity index is 766. The molecule has 1 amide bonds. The highest BCUT2D eigenvalue weighted by Gasteiger charge is 2.35. The van der Waals surface area contributed by atoms with E-state index in [0.29, 0.717) is 19.7 Å². The number of hydrogen-bond acceptors (Lipinski definition) is 5. The second-order valence-electron chi connectivity index (χ2n) is 6.56. The highest BCUT2D eigenvalue weighted by atomic mass is 35.5. The first-order valence-corrected chi connectivity index (χ1v) is 8.56. The molecule has 1 unspecified atom stereocenters. The third-order valence-corrected chi connectivity index (χ3v) is 4.78. The van der Waals surface area contributed by atoms with Gasteiger partial charge in [0.2, 0.25) is 5.91 Å². The highest BCUT2D eigenvalue weighted by Crippen LogP contribution is 2.31. The smallest absolute Gasteiger partial charge is 0.225 e. The summed E-state index contributed by atoms with van der Waals surface area (Å²) in [7, 11) is 1.89. The maximum Gasteiger partial charge on any atom is 0.225 e.